The van der Waals surface area contributed by atoms with Crippen LogP contribution in [0.2, 0.25) is 0 Å². The van der Waals surface area contributed by atoms with Crippen LogP contribution in [0.25, 0.3) is 33.1 Å². The van der Waals surface area contributed by atoms with Crippen molar-refractivity contribution in [2.24, 2.45) is 5.10 Å². The number of amides is 1. The summed E-state index contributed by atoms with van der Waals surface area (Å²) in [5.41, 5.74) is 5.06. The number of hydrazone groups is 1. The van der Waals surface area contributed by atoms with Crippen molar-refractivity contribution in [2.75, 3.05) is 6.61 Å². The number of benzene rings is 3. The van der Waals surface area contributed by atoms with E-state index in [1.54, 1.807) is 67.6 Å². The Balaban J connectivity index is 1.29. The van der Waals surface area contributed by atoms with E-state index in [0.717, 1.165) is 5.56 Å². The Morgan fingerprint density at radius 1 is 0.919 bits per heavy atom. The van der Waals surface area contributed by atoms with Gasteiger partial charge in [0.2, 0.25) is 0 Å². The molecule has 0 fully saturated rings. The van der Waals surface area contributed by atoms with Gasteiger partial charge in [0, 0.05) is 16.3 Å². The van der Waals surface area contributed by atoms with Gasteiger partial charge in [0.05, 0.1) is 29.4 Å². The number of hydrogen-bond donors (Lipinski definition) is 1. The summed E-state index contributed by atoms with van der Waals surface area (Å²) in [6, 6.07) is 24.8. The summed E-state index contributed by atoms with van der Waals surface area (Å²) in [6.07, 6.45) is 1.41. The second-order valence-corrected chi connectivity index (χ2v) is 8.24. The summed E-state index contributed by atoms with van der Waals surface area (Å²) >= 11 is 0. The highest BCUT2D eigenvalue weighted by atomic mass is 16.5. The number of nitrogens with zero attached hydrogens (tertiary/aromatic N) is 2. The fourth-order valence-electron chi connectivity index (χ4n) is 4.16. The Bertz CT molecular complexity index is 1640. The molecule has 184 valence electrons. The van der Waals surface area contributed by atoms with Crippen LogP contribution in [0, 0.1) is 0 Å². The van der Waals surface area contributed by atoms with Crippen LogP contribution in [-0.2, 0) is 16.1 Å². The van der Waals surface area contributed by atoms with Crippen molar-refractivity contribution < 1.29 is 18.7 Å². The molecule has 0 aliphatic rings. The van der Waals surface area contributed by atoms with E-state index in [9.17, 15) is 14.4 Å². The lowest BCUT2D eigenvalue weighted by Gasteiger charge is -2.14. The molecule has 3 aromatic carbocycles. The molecule has 0 aliphatic heterocycles. The zero-order valence-electron chi connectivity index (χ0n) is 20.0. The Morgan fingerprint density at radius 2 is 1.57 bits per heavy atom. The predicted octanol–water partition coefficient (Wildman–Crippen LogP) is 4.74. The first kappa shape index (κ1) is 23.7. The molecule has 8 heteroatoms. The van der Waals surface area contributed by atoms with Gasteiger partial charge in [-0.15, -0.1) is 0 Å². The van der Waals surface area contributed by atoms with Crippen molar-refractivity contribution in [1.82, 2.24) is 9.99 Å². The quantitative estimate of drug-likeness (QED) is 0.153. The molecule has 0 saturated heterocycles. The molecule has 1 amide bonds. The number of aromatic nitrogens is 1. The summed E-state index contributed by atoms with van der Waals surface area (Å²) < 4.78 is 12.6. The number of fused-ring (bicyclic) bond motifs is 2. The van der Waals surface area contributed by atoms with Crippen molar-refractivity contribution in [1.29, 1.82) is 0 Å². The highest BCUT2D eigenvalue weighted by Gasteiger charge is 2.13. The number of carbonyl (C=O) groups excluding carboxylic acids is 2. The van der Waals surface area contributed by atoms with Gasteiger partial charge < -0.3 is 13.7 Å². The van der Waals surface area contributed by atoms with Gasteiger partial charge in [0.1, 0.15) is 18.1 Å². The maximum Gasteiger partial charge on any atom is 0.338 e. The molecule has 2 heterocycles. The first-order valence-electron chi connectivity index (χ1n) is 11.7. The molecular weight excluding hydrogens is 470 g/mol. The number of carbonyl (C=O) groups is 2. The van der Waals surface area contributed by atoms with E-state index in [1.807, 2.05) is 28.8 Å². The fourth-order valence-corrected chi connectivity index (χ4v) is 4.16. The van der Waals surface area contributed by atoms with Crippen molar-refractivity contribution >= 4 is 39.9 Å². The van der Waals surface area contributed by atoms with E-state index >= 15 is 0 Å². The van der Waals surface area contributed by atoms with Gasteiger partial charge >= 0.3 is 5.97 Å². The minimum atomic E-state index is -0.375. The molecule has 0 bridgehead atoms. The third kappa shape index (κ3) is 4.90. The van der Waals surface area contributed by atoms with E-state index in [0.29, 0.717) is 45.5 Å². The van der Waals surface area contributed by atoms with Crippen LogP contribution >= 0.6 is 0 Å². The van der Waals surface area contributed by atoms with Crippen LogP contribution < -0.4 is 10.9 Å². The number of rotatable bonds is 7. The van der Waals surface area contributed by atoms with E-state index in [-0.39, 0.29) is 23.9 Å². The van der Waals surface area contributed by atoms with E-state index in [2.05, 4.69) is 10.5 Å². The van der Waals surface area contributed by atoms with Gasteiger partial charge in [-0.1, -0.05) is 36.4 Å². The number of pyridine rings is 1. The van der Waals surface area contributed by atoms with Gasteiger partial charge in [-0.05, 0) is 55.5 Å². The number of ether oxygens (including phenoxy) is 1. The summed E-state index contributed by atoms with van der Waals surface area (Å²) in [4.78, 5) is 37.4. The van der Waals surface area contributed by atoms with E-state index < -0.39 is 0 Å². The first-order valence-corrected chi connectivity index (χ1v) is 11.7. The molecule has 0 radical (unpaired) electrons. The molecule has 0 spiro atoms. The Kier molecular flexibility index (Phi) is 6.63. The molecular formula is C29H23N3O5. The third-order valence-electron chi connectivity index (χ3n) is 5.87. The Morgan fingerprint density at radius 3 is 2.22 bits per heavy atom. The molecule has 0 atom stereocenters. The molecule has 0 unspecified atom stereocenters. The van der Waals surface area contributed by atoms with Crippen molar-refractivity contribution in [3.8, 4) is 11.3 Å². The van der Waals surface area contributed by atoms with Gasteiger partial charge in [-0.3, -0.25) is 9.59 Å². The number of furan rings is 1. The maximum absolute atomic E-state index is 12.9. The summed E-state index contributed by atoms with van der Waals surface area (Å²) in [7, 11) is 0. The van der Waals surface area contributed by atoms with Crippen LogP contribution in [0.5, 0.6) is 0 Å². The molecule has 2 aromatic heterocycles. The number of para-hydroxylation sites is 2. The van der Waals surface area contributed by atoms with Crippen molar-refractivity contribution in [3.05, 3.63) is 106 Å². The SMILES string of the molecule is CCOC(=O)c1ccc(-c2ccc(C=NNC(=O)Cn3c4ccccc4c(=O)c4ccccc43)o2)cc1. The lowest BCUT2D eigenvalue weighted by atomic mass is 10.1. The minimum Gasteiger partial charge on any atom is -0.462 e. The van der Waals surface area contributed by atoms with Crippen LogP contribution in [-0.4, -0.2) is 29.3 Å². The van der Waals surface area contributed by atoms with Gasteiger partial charge in [-0.25, -0.2) is 10.2 Å². The highest BCUT2D eigenvalue weighted by Crippen LogP contribution is 2.22. The van der Waals surface area contributed by atoms with E-state index in [1.165, 1.54) is 6.21 Å². The van der Waals surface area contributed by atoms with Crippen LogP contribution in [0.1, 0.15) is 23.0 Å². The monoisotopic (exact) mass is 493 g/mol. The van der Waals surface area contributed by atoms with Crippen molar-refractivity contribution in [2.45, 2.75) is 13.5 Å². The van der Waals surface area contributed by atoms with E-state index in [4.69, 9.17) is 9.15 Å². The topological polar surface area (TPSA) is 103 Å². The lowest BCUT2D eigenvalue weighted by molar-refractivity contribution is -0.121. The molecule has 5 aromatic rings. The van der Waals surface area contributed by atoms with Gasteiger partial charge in [0.25, 0.3) is 5.91 Å². The largest absolute Gasteiger partial charge is 0.462 e. The summed E-state index contributed by atoms with van der Waals surface area (Å²) in [5, 5.41) is 5.13. The molecule has 37 heavy (non-hydrogen) atoms. The van der Waals surface area contributed by atoms with Gasteiger partial charge in [-0.2, -0.15) is 5.10 Å². The minimum absolute atomic E-state index is 0.0190. The van der Waals surface area contributed by atoms with Crippen LogP contribution in [0.4, 0.5) is 0 Å². The summed E-state index contributed by atoms with van der Waals surface area (Å²) in [6.45, 7) is 2.06. The zero-order chi connectivity index (χ0) is 25.8. The fraction of sp³-hybridized carbons (Fsp3) is 0.103. The van der Waals surface area contributed by atoms with Gasteiger partial charge in [0.15, 0.2) is 5.43 Å². The molecule has 8 nitrogen and oxygen atoms in total. The standard InChI is InChI=1S/C29H23N3O5/c1-2-36-29(35)20-13-11-19(12-14-20)26-16-15-21(37-26)17-30-31-27(33)18-32-24-9-5-3-7-22(24)28(34)23-8-4-6-10-25(23)32/h3-17H,2,18H2,1H3,(H,31,33). The van der Waals surface area contributed by atoms with Crippen LogP contribution in [0.15, 0.2) is 99.2 Å². The molecule has 0 aliphatic carbocycles. The van der Waals surface area contributed by atoms with Crippen LogP contribution in [0.3, 0.4) is 0 Å². The molecule has 0 saturated carbocycles. The summed E-state index contributed by atoms with van der Waals surface area (Å²) in [5.74, 6) is 0.315. The lowest BCUT2D eigenvalue weighted by Crippen LogP contribution is -2.25. The number of hydrogen-bond acceptors (Lipinski definition) is 6. The average molecular weight is 494 g/mol. The zero-order valence-corrected chi connectivity index (χ0v) is 20.0. The maximum atomic E-state index is 12.9. The van der Waals surface area contributed by atoms with Crippen molar-refractivity contribution in [3.63, 3.8) is 0 Å². The average Bonchev–Trinajstić information content (AvgIpc) is 3.40. The second-order valence-electron chi connectivity index (χ2n) is 8.24. The highest BCUT2D eigenvalue weighted by molar-refractivity contribution is 5.95. The second kappa shape index (κ2) is 10.3. The Labute approximate surface area is 211 Å². The third-order valence-corrected chi connectivity index (χ3v) is 5.87. The first-order chi connectivity index (χ1) is 18.0. The predicted molar refractivity (Wildman–Crippen MR) is 142 cm³/mol. The smallest absolute Gasteiger partial charge is 0.338 e. The number of esters is 1. The molecule has 1 N–H and O–H groups in total. The number of nitrogens with one attached hydrogen (secondary N) is 1. The Hall–Kier alpha value is -4.98. The normalized spacial score (nSPS) is 11.3. The molecule has 5 rings (SSSR count).